The summed E-state index contributed by atoms with van der Waals surface area (Å²) < 4.78 is 18.0. The molecular weight excluding hydrogens is 325 g/mol. The third-order valence-corrected chi connectivity index (χ3v) is 2.98. The number of amides is 2. The maximum absolute atomic E-state index is 12.8. The normalized spacial score (nSPS) is 10.1. The molecule has 0 fully saturated rings. The summed E-state index contributed by atoms with van der Waals surface area (Å²) in [6, 6.07) is 13.8. The van der Waals surface area contributed by atoms with E-state index < -0.39 is 11.8 Å². The molecule has 2 aromatic rings. The second-order valence-corrected chi connectivity index (χ2v) is 4.85. The fraction of sp³-hybridized carbons (Fsp3) is 0.0556. The van der Waals surface area contributed by atoms with Crippen molar-refractivity contribution < 1.29 is 18.7 Å². The van der Waals surface area contributed by atoms with E-state index in [4.69, 9.17) is 10.00 Å². The number of hydrogen-bond donors (Lipinski definition) is 2. The molecule has 0 heterocycles. The van der Waals surface area contributed by atoms with Gasteiger partial charge in [-0.25, -0.2) is 4.39 Å². The van der Waals surface area contributed by atoms with E-state index >= 15 is 0 Å². The first-order valence-corrected chi connectivity index (χ1v) is 7.22. The van der Waals surface area contributed by atoms with Gasteiger partial charge in [0.05, 0.1) is 11.6 Å². The monoisotopic (exact) mass is 339 g/mol. The standard InChI is InChI=1S/C18H14FN3O3/c19-15-6-1-13(2-7-15)5-10-17(23)21-22-18(24)12-25-16-8-3-14(11-20)4-9-16/h1-10H,12H2,(H,21,23)(H,22,24)/b10-5+. The predicted octanol–water partition coefficient (Wildman–Crippen LogP) is 1.94. The second-order valence-electron chi connectivity index (χ2n) is 4.85. The van der Waals surface area contributed by atoms with Crippen LogP contribution >= 0.6 is 0 Å². The highest BCUT2D eigenvalue weighted by atomic mass is 19.1. The number of hydrogen-bond acceptors (Lipinski definition) is 4. The van der Waals surface area contributed by atoms with Crippen LogP contribution in [0.3, 0.4) is 0 Å². The zero-order valence-electron chi connectivity index (χ0n) is 13.0. The van der Waals surface area contributed by atoms with Crippen LogP contribution in [0.5, 0.6) is 5.75 Å². The lowest BCUT2D eigenvalue weighted by molar-refractivity contribution is -0.128. The van der Waals surface area contributed by atoms with Gasteiger partial charge in [0.15, 0.2) is 6.61 Å². The minimum absolute atomic E-state index is 0.298. The molecule has 0 bridgehead atoms. The molecule has 0 spiro atoms. The Hall–Kier alpha value is -3.66. The van der Waals surface area contributed by atoms with Gasteiger partial charge in [-0.3, -0.25) is 20.4 Å². The van der Waals surface area contributed by atoms with Crippen molar-refractivity contribution in [2.75, 3.05) is 6.61 Å². The average Bonchev–Trinajstić information content (AvgIpc) is 2.64. The highest BCUT2D eigenvalue weighted by Crippen LogP contribution is 2.11. The third-order valence-electron chi connectivity index (χ3n) is 2.98. The molecule has 6 nitrogen and oxygen atoms in total. The van der Waals surface area contributed by atoms with Crippen molar-refractivity contribution in [2.45, 2.75) is 0 Å². The zero-order valence-corrected chi connectivity index (χ0v) is 13.0. The van der Waals surface area contributed by atoms with E-state index in [0.29, 0.717) is 16.9 Å². The molecule has 0 saturated heterocycles. The van der Waals surface area contributed by atoms with Crippen LogP contribution in [0.1, 0.15) is 11.1 Å². The zero-order chi connectivity index (χ0) is 18.1. The fourth-order valence-corrected chi connectivity index (χ4v) is 1.73. The summed E-state index contributed by atoms with van der Waals surface area (Å²) in [4.78, 5) is 23.2. The van der Waals surface area contributed by atoms with Gasteiger partial charge in [-0.2, -0.15) is 5.26 Å². The molecule has 2 amide bonds. The van der Waals surface area contributed by atoms with Gasteiger partial charge in [-0.05, 0) is 48.0 Å². The second kappa shape index (κ2) is 8.84. The molecule has 0 aliphatic heterocycles. The average molecular weight is 339 g/mol. The summed E-state index contributed by atoms with van der Waals surface area (Å²) in [7, 11) is 0. The van der Waals surface area contributed by atoms with Gasteiger partial charge in [0, 0.05) is 6.08 Å². The molecule has 2 N–H and O–H groups in total. The molecule has 0 aliphatic carbocycles. The number of hydrazine groups is 1. The molecule has 0 atom stereocenters. The number of rotatable bonds is 5. The van der Waals surface area contributed by atoms with E-state index in [9.17, 15) is 14.0 Å². The Kier molecular flexibility index (Phi) is 6.25. The molecule has 0 unspecified atom stereocenters. The van der Waals surface area contributed by atoms with Crippen LogP contribution < -0.4 is 15.6 Å². The number of nitrogens with one attached hydrogen (secondary N) is 2. The van der Waals surface area contributed by atoms with Crippen molar-refractivity contribution in [3.05, 3.63) is 71.6 Å². The van der Waals surface area contributed by atoms with Crippen LogP contribution in [0, 0.1) is 17.1 Å². The SMILES string of the molecule is N#Cc1ccc(OCC(=O)NNC(=O)/C=C/c2ccc(F)cc2)cc1. The first-order chi connectivity index (χ1) is 12.1. The van der Waals surface area contributed by atoms with Gasteiger partial charge in [0.2, 0.25) is 0 Å². The number of nitrogens with zero attached hydrogens (tertiary/aromatic N) is 1. The van der Waals surface area contributed by atoms with E-state index in [-0.39, 0.29) is 12.4 Å². The van der Waals surface area contributed by atoms with Crippen molar-refractivity contribution in [1.29, 1.82) is 5.26 Å². The van der Waals surface area contributed by atoms with Crippen LogP contribution in [0.4, 0.5) is 4.39 Å². The number of benzene rings is 2. The minimum Gasteiger partial charge on any atom is -0.484 e. The van der Waals surface area contributed by atoms with Gasteiger partial charge in [0.1, 0.15) is 11.6 Å². The summed E-state index contributed by atoms with van der Waals surface area (Å²) in [6.45, 7) is -0.298. The molecule has 2 aromatic carbocycles. The van der Waals surface area contributed by atoms with Gasteiger partial charge in [0.25, 0.3) is 11.8 Å². The topological polar surface area (TPSA) is 91.2 Å². The minimum atomic E-state index is -0.548. The lowest BCUT2D eigenvalue weighted by atomic mass is 10.2. The maximum atomic E-state index is 12.8. The van der Waals surface area contributed by atoms with E-state index in [1.807, 2.05) is 6.07 Å². The molecule has 0 aliphatic rings. The van der Waals surface area contributed by atoms with Crippen molar-refractivity contribution in [1.82, 2.24) is 10.9 Å². The van der Waals surface area contributed by atoms with Gasteiger partial charge in [-0.1, -0.05) is 12.1 Å². The molecule has 126 valence electrons. The Morgan fingerprint density at radius 1 is 1.08 bits per heavy atom. The highest BCUT2D eigenvalue weighted by Gasteiger charge is 2.04. The molecular formula is C18H14FN3O3. The highest BCUT2D eigenvalue weighted by molar-refractivity contribution is 5.93. The number of ether oxygens (including phenoxy) is 1. The first kappa shape index (κ1) is 17.7. The molecule has 2 rings (SSSR count). The van der Waals surface area contributed by atoms with Crippen LogP contribution in [0.2, 0.25) is 0 Å². The Labute approximate surface area is 143 Å². The smallest absolute Gasteiger partial charge is 0.276 e. The fourth-order valence-electron chi connectivity index (χ4n) is 1.73. The van der Waals surface area contributed by atoms with E-state index in [0.717, 1.165) is 0 Å². The number of halogens is 1. The largest absolute Gasteiger partial charge is 0.484 e. The first-order valence-electron chi connectivity index (χ1n) is 7.22. The van der Waals surface area contributed by atoms with Crippen molar-refractivity contribution in [2.24, 2.45) is 0 Å². The van der Waals surface area contributed by atoms with Crippen LogP contribution in [0.15, 0.2) is 54.6 Å². The lowest BCUT2D eigenvalue weighted by Crippen LogP contribution is -2.43. The molecule has 0 aromatic heterocycles. The summed E-state index contributed by atoms with van der Waals surface area (Å²) in [6.07, 6.45) is 2.68. The molecule has 25 heavy (non-hydrogen) atoms. The van der Waals surface area contributed by atoms with Crippen molar-refractivity contribution in [3.8, 4) is 11.8 Å². The summed E-state index contributed by atoms with van der Waals surface area (Å²) in [5, 5.41) is 8.68. The van der Waals surface area contributed by atoms with Gasteiger partial charge < -0.3 is 4.74 Å². The predicted molar refractivity (Wildman–Crippen MR) is 88.4 cm³/mol. The van der Waals surface area contributed by atoms with Gasteiger partial charge >= 0.3 is 0 Å². The summed E-state index contributed by atoms with van der Waals surface area (Å²) >= 11 is 0. The molecule has 0 saturated carbocycles. The molecule has 7 heteroatoms. The van der Waals surface area contributed by atoms with Crippen molar-refractivity contribution >= 4 is 17.9 Å². The lowest BCUT2D eigenvalue weighted by Gasteiger charge is -2.07. The number of carbonyl (C=O) groups is 2. The Morgan fingerprint density at radius 3 is 2.40 bits per heavy atom. The van der Waals surface area contributed by atoms with Crippen LogP contribution in [0.25, 0.3) is 6.08 Å². The summed E-state index contributed by atoms with van der Waals surface area (Å²) in [5.41, 5.74) is 5.52. The maximum Gasteiger partial charge on any atom is 0.276 e. The van der Waals surface area contributed by atoms with E-state index in [1.165, 1.54) is 36.4 Å². The molecule has 0 radical (unpaired) electrons. The Bertz CT molecular complexity index is 809. The van der Waals surface area contributed by atoms with Crippen LogP contribution in [-0.2, 0) is 9.59 Å². The number of carbonyl (C=O) groups excluding carboxylic acids is 2. The van der Waals surface area contributed by atoms with Gasteiger partial charge in [-0.15, -0.1) is 0 Å². The summed E-state index contributed by atoms with van der Waals surface area (Å²) in [5.74, 6) is -1.03. The van der Waals surface area contributed by atoms with Crippen molar-refractivity contribution in [3.63, 3.8) is 0 Å². The quantitative estimate of drug-likeness (QED) is 0.643. The Morgan fingerprint density at radius 2 is 1.76 bits per heavy atom. The third kappa shape index (κ3) is 6.15. The van der Waals surface area contributed by atoms with E-state index in [1.54, 1.807) is 24.3 Å². The van der Waals surface area contributed by atoms with E-state index in [2.05, 4.69) is 10.9 Å². The number of nitriles is 1. The Balaban J connectivity index is 1.72. The van der Waals surface area contributed by atoms with Crippen LogP contribution in [-0.4, -0.2) is 18.4 Å².